The first-order chi connectivity index (χ1) is 9.28. The number of nitrogens with zero attached hydrogens (tertiary/aromatic N) is 1. The lowest BCUT2D eigenvalue weighted by molar-refractivity contribution is 0.210. The molecule has 3 heteroatoms. The zero-order chi connectivity index (χ0) is 14.8. The van der Waals surface area contributed by atoms with Crippen LogP contribution < -0.4 is 5.73 Å². The molecule has 0 amide bonds. The molecule has 112 valence electrons. The number of pyridine rings is 1. The third-order valence-electron chi connectivity index (χ3n) is 4.76. The summed E-state index contributed by atoms with van der Waals surface area (Å²) >= 11 is 3.43. The third kappa shape index (κ3) is 4.29. The lowest BCUT2D eigenvalue weighted by atomic mass is 9.76. The van der Waals surface area contributed by atoms with Gasteiger partial charge in [-0.15, -0.1) is 0 Å². The molecular weight excluding hydrogens is 312 g/mol. The number of hydrogen-bond acceptors (Lipinski definition) is 2. The SMILES string of the molecule is CC(C)(C)C1CCCC(N)(Cc2ccc(Br)cn2)CC1. The monoisotopic (exact) mass is 338 g/mol. The Hall–Kier alpha value is -0.410. The molecule has 1 aliphatic rings. The van der Waals surface area contributed by atoms with Crippen LogP contribution in [0, 0.1) is 11.3 Å². The van der Waals surface area contributed by atoms with Gasteiger partial charge in [-0.3, -0.25) is 4.98 Å². The summed E-state index contributed by atoms with van der Waals surface area (Å²) in [5.74, 6) is 0.797. The Balaban J connectivity index is 2.02. The van der Waals surface area contributed by atoms with E-state index in [1.807, 2.05) is 6.20 Å². The van der Waals surface area contributed by atoms with E-state index in [2.05, 4.69) is 53.8 Å². The summed E-state index contributed by atoms with van der Waals surface area (Å²) in [6.45, 7) is 7.08. The topological polar surface area (TPSA) is 38.9 Å². The molecule has 2 rings (SSSR count). The molecule has 0 aliphatic heterocycles. The maximum absolute atomic E-state index is 6.68. The molecule has 2 unspecified atom stereocenters. The van der Waals surface area contributed by atoms with Gasteiger partial charge in [-0.1, -0.05) is 27.2 Å². The smallest absolute Gasteiger partial charge is 0.0422 e. The molecule has 1 saturated carbocycles. The third-order valence-corrected chi connectivity index (χ3v) is 5.23. The van der Waals surface area contributed by atoms with Gasteiger partial charge in [0, 0.05) is 28.3 Å². The zero-order valence-corrected chi connectivity index (χ0v) is 14.5. The van der Waals surface area contributed by atoms with Gasteiger partial charge in [-0.05, 0) is 65.1 Å². The van der Waals surface area contributed by atoms with Crippen LogP contribution >= 0.6 is 15.9 Å². The quantitative estimate of drug-likeness (QED) is 0.793. The van der Waals surface area contributed by atoms with E-state index < -0.39 is 0 Å². The van der Waals surface area contributed by atoms with E-state index in [4.69, 9.17) is 5.73 Å². The van der Waals surface area contributed by atoms with Gasteiger partial charge in [-0.2, -0.15) is 0 Å². The first kappa shape index (κ1) is 16.0. The summed E-state index contributed by atoms with van der Waals surface area (Å²) < 4.78 is 1.03. The summed E-state index contributed by atoms with van der Waals surface area (Å²) in [6, 6.07) is 4.14. The van der Waals surface area contributed by atoms with E-state index in [-0.39, 0.29) is 5.54 Å². The average Bonchev–Trinajstić information content (AvgIpc) is 2.54. The number of halogens is 1. The van der Waals surface area contributed by atoms with Crippen molar-refractivity contribution in [2.24, 2.45) is 17.1 Å². The lowest BCUT2D eigenvalue weighted by Gasteiger charge is -2.31. The van der Waals surface area contributed by atoms with Gasteiger partial charge in [0.25, 0.3) is 0 Å². The highest BCUT2D eigenvalue weighted by molar-refractivity contribution is 9.10. The van der Waals surface area contributed by atoms with Gasteiger partial charge < -0.3 is 5.73 Å². The maximum Gasteiger partial charge on any atom is 0.0422 e. The van der Waals surface area contributed by atoms with Gasteiger partial charge in [-0.25, -0.2) is 0 Å². The summed E-state index contributed by atoms with van der Waals surface area (Å²) in [4.78, 5) is 4.49. The molecule has 0 spiro atoms. The molecule has 1 aromatic rings. The van der Waals surface area contributed by atoms with Crippen LogP contribution in [0.3, 0.4) is 0 Å². The van der Waals surface area contributed by atoms with Gasteiger partial charge in [0.15, 0.2) is 0 Å². The molecule has 2 nitrogen and oxygen atoms in total. The van der Waals surface area contributed by atoms with E-state index in [1.54, 1.807) is 0 Å². The fraction of sp³-hybridized carbons (Fsp3) is 0.706. The lowest BCUT2D eigenvalue weighted by Crippen LogP contribution is -2.42. The minimum atomic E-state index is -0.0686. The molecular formula is C17H27BrN2. The average molecular weight is 339 g/mol. The fourth-order valence-electron chi connectivity index (χ4n) is 3.35. The first-order valence-electron chi connectivity index (χ1n) is 7.68. The summed E-state index contributed by atoms with van der Waals surface area (Å²) in [7, 11) is 0. The highest BCUT2D eigenvalue weighted by Crippen LogP contribution is 2.39. The number of hydrogen-bond donors (Lipinski definition) is 1. The van der Waals surface area contributed by atoms with Crippen molar-refractivity contribution < 1.29 is 0 Å². The van der Waals surface area contributed by atoms with Crippen LogP contribution in [-0.2, 0) is 6.42 Å². The summed E-state index contributed by atoms with van der Waals surface area (Å²) in [6.07, 6.45) is 8.82. The van der Waals surface area contributed by atoms with Crippen LogP contribution in [0.15, 0.2) is 22.8 Å². The van der Waals surface area contributed by atoms with Crippen LogP contribution in [0.2, 0.25) is 0 Å². The van der Waals surface area contributed by atoms with E-state index in [0.29, 0.717) is 5.41 Å². The number of nitrogens with two attached hydrogens (primary N) is 1. The van der Waals surface area contributed by atoms with Crippen molar-refractivity contribution in [1.29, 1.82) is 0 Å². The maximum atomic E-state index is 6.68. The number of rotatable bonds is 2. The van der Waals surface area contributed by atoms with Crippen molar-refractivity contribution in [2.75, 3.05) is 0 Å². The van der Waals surface area contributed by atoms with E-state index in [9.17, 15) is 0 Å². The Kier molecular flexibility index (Phi) is 4.91. The second-order valence-electron chi connectivity index (χ2n) is 7.50. The predicted octanol–water partition coefficient (Wildman–Crippen LogP) is 4.71. The minimum Gasteiger partial charge on any atom is -0.325 e. The molecule has 0 radical (unpaired) electrons. The van der Waals surface area contributed by atoms with Gasteiger partial charge in [0.05, 0.1) is 0 Å². The van der Waals surface area contributed by atoms with E-state index in [1.165, 1.54) is 19.3 Å². The van der Waals surface area contributed by atoms with Crippen molar-refractivity contribution in [3.8, 4) is 0 Å². The van der Waals surface area contributed by atoms with Gasteiger partial charge in [0.2, 0.25) is 0 Å². The van der Waals surface area contributed by atoms with Crippen LogP contribution in [-0.4, -0.2) is 10.5 Å². The largest absolute Gasteiger partial charge is 0.325 e. The molecule has 2 atom stereocenters. The van der Waals surface area contributed by atoms with Gasteiger partial charge >= 0.3 is 0 Å². The van der Waals surface area contributed by atoms with E-state index >= 15 is 0 Å². The van der Waals surface area contributed by atoms with Crippen molar-refractivity contribution in [2.45, 2.75) is 64.8 Å². The molecule has 2 N–H and O–H groups in total. The second kappa shape index (κ2) is 6.15. The van der Waals surface area contributed by atoms with Crippen molar-refractivity contribution in [3.63, 3.8) is 0 Å². The molecule has 1 aliphatic carbocycles. The Morgan fingerprint density at radius 2 is 2.05 bits per heavy atom. The Morgan fingerprint density at radius 3 is 2.65 bits per heavy atom. The molecule has 0 bridgehead atoms. The molecule has 1 aromatic heterocycles. The van der Waals surface area contributed by atoms with Crippen molar-refractivity contribution >= 4 is 15.9 Å². The summed E-state index contributed by atoms with van der Waals surface area (Å²) in [5.41, 5.74) is 8.13. The standard InChI is InChI=1S/C17H27BrN2/c1-16(2,3)13-5-4-9-17(19,10-8-13)11-15-7-6-14(18)12-20-15/h6-7,12-13H,4-5,8-11,19H2,1-3H3. The highest BCUT2D eigenvalue weighted by atomic mass is 79.9. The van der Waals surface area contributed by atoms with Crippen LogP contribution in [0.25, 0.3) is 0 Å². The number of aromatic nitrogens is 1. The molecule has 1 fully saturated rings. The van der Waals surface area contributed by atoms with E-state index in [0.717, 1.165) is 35.3 Å². The molecule has 1 heterocycles. The van der Waals surface area contributed by atoms with Crippen molar-refractivity contribution in [3.05, 3.63) is 28.5 Å². The normalized spacial score (nSPS) is 28.1. The Bertz CT molecular complexity index is 435. The van der Waals surface area contributed by atoms with Crippen LogP contribution in [0.1, 0.15) is 58.6 Å². The Labute approximate surface area is 131 Å². The molecule has 0 saturated heterocycles. The minimum absolute atomic E-state index is 0.0686. The van der Waals surface area contributed by atoms with Gasteiger partial charge in [0.1, 0.15) is 0 Å². The molecule has 20 heavy (non-hydrogen) atoms. The van der Waals surface area contributed by atoms with Crippen LogP contribution in [0.4, 0.5) is 0 Å². The first-order valence-corrected chi connectivity index (χ1v) is 8.47. The van der Waals surface area contributed by atoms with Crippen molar-refractivity contribution in [1.82, 2.24) is 4.98 Å². The van der Waals surface area contributed by atoms with Crippen LogP contribution in [0.5, 0.6) is 0 Å². The summed E-state index contributed by atoms with van der Waals surface area (Å²) in [5, 5.41) is 0. The highest BCUT2D eigenvalue weighted by Gasteiger charge is 2.33. The predicted molar refractivity (Wildman–Crippen MR) is 88.6 cm³/mol. The Morgan fingerprint density at radius 1 is 1.30 bits per heavy atom. The zero-order valence-electron chi connectivity index (χ0n) is 13.0. The molecule has 0 aromatic carbocycles. The fourth-order valence-corrected chi connectivity index (χ4v) is 3.58. The second-order valence-corrected chi connectivity index (χ2v) is 8.42.